The van der Waals surface area contributed by atoms with Gasteiger partial charge in [0.15, 0.2) is 5.82 Å². The van der Waals surface area contributed by atoms with Crippen molar-refractivity contribution in [1.82, 2.24) is 40.3 Å². The molecule has 0 saturated heterocycles. The summed E-state index contributed by atoms with van der Waals surface area (Å²) < 4.78 is 11.6. The molecule has 3 N–H and O–H groups in total. The summed E-state index contributed by atoms with van der Waals surface area (Å²) in [6, 6.07) is 4.07. The maximum absolute atomic E-state index is 5.84. The second kappa shape index (κ2) is 7.99. The summed E-state index contributed by atoms with van der Waals surface area (Å²) in [5.41, 5.74) is 10.1. The van der Waals surface area contributed by atoms with Crippen LogP contribution in [0.25, 0.3) is 33.1 Å². The number of hydrogen-bond acceptors (Lipinski definition) is 8. The molecule has 5 heterocycles. The van der Waals surface area contributed by atoms with Crippen molar-refractivity contribution in [1.29, 1.82) is 0 Å². The number of likely N-dealkylation sites (N-methyl/N-ethyl adjacent to an activating group) is 1. The molecule has 5 aromatic rings. The lowest BCUT2D eigenvalue weighted by Gasteiger charge is -2.27. The Labute approximate surface area is 218 Å². The number of nitrogens with zero attached hydrogens (tertiary/aromatic N) is 6. The third kappa shape index (κ3) is 3.35. The van der Waals surface area contributed by atoms with E-state index in [-0.39, 0.29) is 0 Å². The third-order valence-electron chi connectivity index (χ3n) is 7.50. The van der Waals surface area contributed by atoms with Gasteiger partial charge < -0.3 is 14.2 Å². The van der Waals surface area contributed by atoms with Crippen molar-refractivity contribution in [2.45, 2.75) is 33.6 Å². The number of nitrogens with one attached hydrogen (secondary N) is 3. The molecule has 192 valence electrons. The zero-order valence-corrected chi connectivity index (χ0v) is 21.9. The standard InChI is InChI=1S/C27H28N9O2/c1-13-24(14(2)38-35-13)19-8-21-18(9-22(19)37-5)25-26(32-21)30-15(3)31-27(25)33-23-10-20(16-6-7-16)34-36(23,4)17-11-28-29-12-17/h8-12,16,34H,6-7H2,1-5H3,(H,28,29)(H,30,31,32)/q+1/t36-/m1/s1. The quantitative estimate of drug-likeness (QED) is 0.287. The van der Waals surface area contributed by atoms with Gasteiger partial charge in [-0.2, -0.15) is 10.1 Å². The van der Waals surface area contributed by atoms with Crippen molar-refractivity contribution in [3.63, 3.8) is 0 Å². The molecule has 1 aliphatic carbocycles. The molecule has 1 fully saturated rings. The van der Waals surface area contributed by atoms with E-state index in [0.717, 1.165) is 56.0 Å². The predicted octanol–water partition coefficient (Wildman–Crippen LogP) is 4.90. The number of quaternary nitrogens is 1. The van der Waals surface area contributed by atoms with E-state index in [4.69, 9.17) is 24.2 Å². The molecular weight excluding hydrogens is 482 g/mol. The summed E-state index contributed by atoms with van der Waals surface area (Å²) in [7, 11) is 3.75. The lowest BCUT2D eigenvalue weighted by Crippen LogP contribution is -2.55. The van der Waals surface area contributed by atoms with E-state index in [2.05, 4.69) is 45.0 Å². The highest BCUT2D eigenvalue weighted by Gasteiger charge is 2.44. The van der Waals surface area contributed by atoms with Crippen LogP contribution in [0.3, 0.4) is 0 Å². The van der Waals surface area contributed by atoms with Gasteiger partial charge in [0.1, 0.15) is 36.2 Å². The van der Waals surface area contributed by atoms with Gasteiger partial charge in [-0.25, -0.2) is 15.4 Å². The number of aryl methyl sites for hydroxylation is 3. The minimum absolute atomic E-state index is 0.300. The second-order valence-corrected chi connectivity index (χ2v) is 10.2. The normalized spacial score (nSPS) is 20.4. The SMILES string of the molecule is COc1cc2c(cc1-c1c(C)noc1C)[nH]c1nc(C)nc(N=C3C=C(C4CC4)N[N@+]3(C)c3cn[nH]c3)c12. The largest absolute Gasteiger partial charge is 0.496 e. The van der Waals surface area contributed by atoms with Crippen LogP contribution >= 0.6 is 0 Å². The Bertz CT molecular complexity index is 1770. The van der Waals surface area contributed by atoms with Gasteiger partial charge in [-0.05, 0) is 45.7 Å². The molecule has 1 aromatic carbocycles. The molecule has 38 heavy (non-hydrogen) atoms. The van der Waals surface area contributed by atoms with E-state index in [0.29, 0.717) is 27.9 Å². The molecule has 7 rings (SSSR count). The smallest absolute Gasteiger partial charge is 0.261 e. The fraction of sp³-hybridized carbons (Fsp3) is 0.296. The van der Waals surface area contributed by atoms with Crippen LogP contribution in [0.2, 0.25) is 0 Å². The van der Waals surface area contributed by atoms with Gasteiger partial charge in [-0.15, -0.1) is 4.59 Å². The van der Waals surface area contributed by atoms with Crippen LogP contribution < -0.4 is 14.8 Å². The number of methoxy groups -OCH3 is 1. The first-order valence-electron chi connectivity index (χ1n) is 12.6. The van der Waals surface area contributed by atoms with E-state index in [1.807, 2.05) is 39.2 Å². The maximum atomic E-state index is 5.84. The lowest BCUT2D eigenvalue weighted by molar-refractivity contribution is 0.393. The number of benzene rings is 1. The number of rotatable bonds is 5. The average Bonchev–Trinajstić information content (AvgIpc) is 3.18. The van der Waals surface area contributed by atoms with Crippen LogP contribution in [0.5, 0.6) is 5.75 Å². The highest BCUT2D eigenvalue weighted by atomic mass is 16.5. The van der Waals surface area contributed by atoms with Gasteiger partial charge in [-0.1, -0.05) is 5.16 Å². The zero-order chi connectivity index (χ0) is 26.2. The number of hydrogen-bond donors (Lipinski definition) is 3. The molecule has 0 amide bonds. The number of allylic oxidation sites excluding steroid dienone is 1. The highest BCUT2D eigenvalue weighted by molar-refractivity contribution is 6.14. The molecule has 0 radical (unpaired) electrons. The van der Waals surface area contributed by atoms with Crippen LogP contribution in [0.15, 0.2) is 45.8 Å². The van der Waals surface area contributed by atoms with Crippen molar-refractivity contribution in [3.05, 3.63) is 53.6 Å². The number of amidine groups is 1. The lowest BCUT2D eigenvalue weighted by atomic mass is 10.0. The molecule has 11 heteroatoms. The molecule has 1 atom stereocenters. The zero-order valence-electron chi connectivity index (χ0n) is 21.9. The number of aliphatic imine (C=N–C) groups is 1. The first kappa shape index (κ1) is 22.7. The Kier molecular flexibility index (Phi) is 4.77. The van der Waals surface area contributed by atoms with E-state index in [9.17, 15) is 0 Å². The summed E-state index contributed by atoms with van der Waals surface area (Å²) in [4.78, 5) is 18.2. The number of aromatic amines is 2. The van der Waals surface area contributed by atoms with Crippen molar-refractivity contribution >= 4 is 39.3 Å². The maximum Gasteiger partial charge on any atom is 0.261 e. The Morgan fingerprint density at radius 1 is 1.16 bits per heavy atom. The van der Waals surface area contributed by atoms with E-state index >= 15 is 0 Å². The van der Waals surface area contributed by atoms with Crippen LogP contribution in [0.4, 0.5) is 11.5 Å². The Morgan fingerprint density at radius 3 is 2.68 bits per heavy atom. The summed E-state index contributed by atoms with van der Waals surface area (Å²) >= 11 is 0. The topological polar surface area (TPSA) is 130 Å². The van der Waals surface area contributed by atoms with E-state index in [1.54, 1.807) is 7.11 Å². The average molecular weight is 511 g/mol. The van der Waals surface area contributed by atoms with Gasteiger partial charge in [-0.3, -0.25) is 5.10 Å². The number of aromatic nitrogens is 6. The monoisotopic (exact) mass is 510 g/mol. The third-order valence-corrected chi connectivity index (χ3v) is 7.50. The van der Waals surface area contributed by atoms with Gasteiger partial charge >= 0.3 is 0 Å². The molecule has 11 nitrogen and oxygen atoms in total. The van der Waals surface area contributed by atoms with Gasteiger partial charge in [0.2, 0.25) is 5.69 Å². The summed E-state index contributed by atoms with van der Waals surface area (Å²) in [5, 5.41) is 13.0. The van der Waals surface area contributed by atoms with Crippen LogP contribution in [-0.2, 0) is 0 Å². The highest BCUT2D eigenvalue weighted by Crippen LogP contribution is 2.42. The molecule has 4 aromatic heterocycles. The number of H-pyrrole nitrogens is 2. The molecule has 0 spiro atoms. The van der Waals surface area contributed by atoms with Crippen LogP contribution in [-0.4, -0.2) is 50.3 Å². The van der Waals surface area contributed by atoms with Crippen molar-refractivity contribution in [2.24, 2.45) is 10.9 Å². The molecule has 2 aliphatic rings. The summed E-state index contributed by atoms with van der Waals surface area (Å²) in [6.45, 7) is 5.71. The van der Waals surface area contributed by atoms with Crippen molar-refractivity contribution < 1.29 is 9.26 Å². The van der Waals surface area contributed by atoms with Gasteiger partial charge in [0.05, 0.1) is 35.6 Å². The van der Waals surface area contributed by atoms with Crippen molar-refractivity contribution in [3.8, 4) is 16.9 Å². The summed E-state index contributed by atoms with van der Waals surface area (Å²) in [6.07, 6.45) is 8.23. The van der Waals surface area contributed by atoms with Crippen molar-refractivity contribution in [2.75, 3.05) is 14.2 Å². The second-order valence-electron chi connectivity index (χ2n) is 10.2. The molecule has 0 bridgehead atoms. The Balaban J connectivity index is 1.46. The van der Waals surface area contributed by atoms with Gasteiger partial charge in [0, 0.05) is 28.5 Å². The molecular formula is C27H28N9O2+. The minimum atomic E-state index is 0.300. The first-order chi connectivity index (χ1) is 18.4. The Morgan fingerprint density at radius 2 is 2.00 bits per heavy atom. The molecule has 1 aliphatic heterocycles. The van der Waals surface area contributed by atoms with Gasteiger partial charge in [0.25, 0.3) is 5.84 Å². The minimum Gasteiger partial charge on any atom is -0.496 e. The fourth-order valence-electron chi connectivity index (χ4n) is 5.37. The predicted molar refractivity (Wildman–Crippen MR) is 145 cm³/mol. The summed E-state index contributed by atoms with van der Waals surface area (Å²) in [5.74, 6) is 4.06. The molecule has 0 unspecified atom stereocenters. The van der Waals surface area contributed by atoms with Crippen LogP contribution in [0, 0.1) is 26.7 Å². The molecule has 1 saturated carbocycles. The van der Waals surface area contributed by atoms with E-state index < -0.39 is 0 Å². The fourth-order valence-corrected chi connectivity index (χ4v) is 5.37. The number of fused-ring (bicyclic) bond motifs is 3. The Hall–Kier alpha value is -4.51. The van der Waals surface area contributed by atoms with E-state index in [1.165, 1.54) is 18.5 Å². The number of ether oxygens (including phenoxy) is 1. The first-order valence-corrected chi connectivity index (χ1v) is 12.6. The van der Waals surface area contributed by atoms with Crippen LogP contribution in [0.1, 0.15) is 30.1 Å².